The lowest BCUT2D eigenvalue weighted by molar-refractivity contribution is -0.133. The van der Waals surface area contributed by atoms with Crippen molar-refractivity contribution in [1.82, 2.24) is 10.2 Å². The van der Waals surface area contributed by atoms with Crippen molar-refractivity contribution in [2.45, 2.75) is 33.2 Å². The fourth-order valence-corrected chi connectivity index (χ4v) is 2.38. The maximum Gasteiger partial charge on any atom is 0.255 e. The fraction of sp³-hybridized carbons (Fsp3) is 0.467. The smallest absolute Gasteiger partial charge is 0.255 e. The maximum atomic E-state index is 12.7. The first-order valence-electron chi connectivity index (χ1n) is 6.52. The third-order valence-electron chi connectivity index (χ3n) is 3.93. The third-order valence-corrected chi connectivity index (χ3v) is 3.93. The van der Waals surface area contributed by atoms with Gasteiger partial charge < -0.3 is 10.2 Å². The normalized spacial score (nSPS) is 18.1. The van der Waals surface area contributed by atoms with Crippen molar-refractivity contribution >= 4 is 11.8 Å². The van der Waals surface area contributed by atoms with Gasteiger partial charge >= 0.3 is 0 Å². The molecule has 4 heteroatoms. The molecular formula is C15H20N2O2. The summed E-state index contributed by atoms with van der Waals surface area (Å²) in [7, 11) is 0. The van der Waals surface area contributed by atoms with Crippen molar-refractivity contribution < 1.29 is 9.59 Å². The average molecular weight is 260 g/mol. The number of carbonyl (C=O) groups is 2. The van der Waals surface area contributed by atoms with Gasteiger partial charge in [0.1, 0.15) is 5.54 Å². The molecule has 0 aliphatic carbocycles. The van der Waals surface area contributed by atoms with E-state index in [1.54, 1.807) is 18.7 Å². The molecule has 0 unspecified atom stereocenters. The second kappa shape index (κ2) is 4.68. The number of amides is 2. The van der Waals surface area contributed by atoms with E-state index in [4.69, 9.17) is 0 Å². The van der Waals surface area contributed by atoms with E-state index in [0.29, 0.717) is 18.7 Å². The topological polar surface area (TPSA) is 49.4 Å². The number of hydrogen-bond donors (Lipinski definition) is 1. The molecule has 1 saturated heterocycles. The van der Waals surface area contributed by atoms with Crippen molar-refractivity contribution in [1.29, 1.82) is 0 Å². The Hall–Kier alpha value is -1.84. The van der Waals surface area contributed by atoms with Crippen LogP contribution >= 0.6 is 0 Å². The molecule has 1 aromatic carbocycles. The van der Waals surface area contributed by atoms with Crippen molar-refractivity contribution in [3.05, 3.63) is 34.9 Å². The van der Waals surface area contributed by atoms with E-state index < -0.39 is 5.54 Å². The predicted octanol–water partition coefficient (Wildman–Crippen LogP) is 1.65. The van der Waals surface area contributed by atoms with Crippen molar-refractivity contribution in [2.75, 3.05) is 13.1 Å². The monoisotopic (exact) mass is 260 g/mol. The number of hydrogen-bond acceptors (Lipinski definition) is 2. The Morgan fingerprint density at radius 1 is 1.32 bits per heavy atom. The zero-order chi connectivity index (χ0) is 14.2. The molecule has 1 aliphatic rings. The van der Waals surface area contributed by atoms with Crippen LogP contribution in [-0.4, -0.2) is 35.3 Å². The quantitative estimate of drug-likeness (QED) is 0.834. The number of rotatable bonds is 1. The molecule has 1 aromatic rings. The van der Waals surface area contributed by atoms with Crippen LogP contribution in [0.25, 0.3) is 0 Å². The highest BCUT2D eigenvalue weighted by atomic mass is 16.2. The van der Waals surface area contributed by atoms with Gasteiger partial charge in [0.25, 0.3) is 5.91 Å². The van der Waals surface area contributed by atoms with Crippen LogP contribution in [0.1, 0.15) is 35.3 Å². The Morgan fingerprint density at radius 3 is 2.68 bits per heavy atom. The van der Waals surface area contributed by atoms with E-state index in [1.165, 1.54) is 0 Å². The molecule has 0 saturated carbocycles. The number of carbonyl (C=O) groups excluding carboxylic acids is 2. The van der Waals surface area contributed by atoms with Gasteiger partial charge in [-0.25, -0.2) is 0 Å². The summed E-state index contributed by atoms with van der Waals surface area (Å²) < 4.78 is 0. The third kappa shape index (κ3) is 2.23. The number of nitrogens with zero attached hydrogens (tertiary/aromatic N) is 1. The molecule has 0 aromatic heterocycles. The van der Waals surface area contributed by atoms with Crippen LogP contribution in [0.5, 0.6) is 0 Å². The second-order valence-electron chi connectivity index (χ2n) is 5.52. The Labute approximate surface area is 113 Å². The van der Waals surface area contributed by atoms with Gasteiger partial charge in [0.05, 0.1) is 0 Å². The lowest BCUT2D eigenvalue weighted by Crippen LogP contribution is -2.63. The first-order valence-corrected chi connectivity index (χ1v) is 6.52. The second-order valence-corrected chi connectivity index (χ2v) is 5.52. The molecule has 1 aliphatic heterocycles. The summed E-state index contributed by atoms with van der Waals surface area (Å²) in [5.41, 5.74) is 1.95. The van der Waals surface area contributed by atoms with Crippen LogP contribution in [0.4, 0.5) is 0 Å². The predicted molar refractivity (Wildman–Crippen MR) is 74.0 cm³/mol. The standard InChI is InChI=1S/C15H20N2O2/c1-10-6-5-7-12(11(10)2)13(18)17-9-8-16-14(19)15(17,3)4/h5-7H,8-9H2,1-4H3,(H,16,19). The largest absolute Gasteiger partial charge is 0.352 e. The van der Waals surface area contributed by atoms with Crippen molar-refractivity contribution in [3.8, 4) is 0 Å². The molecule has 19 heavy (non-hydrogen) atoms. The van der Waals surface area contributed by atoms with Crippen LogP contribution in [0.2, 0.25) is 0 Å². The molecular weight excluding hydrogens is 240 g/mol. The summed E-state index contributed by atoms with van der Waals surface area (Å²) in [6, 6.07) is 5.69. The Morgan fingerprint density at radius 2 is 2.00 bits per heavy atom. The fourth-order valence-electron chi connectivity index (χ4n) is 2.38. The molecule has 0 bridgehead atoms. The molecule has 0 atom stereocenters. The van der Waals surface area contributed by atoms with E-state index in [1.807, 2.05) is 32.0 Å². The van der Waals surface area contributed by atoms with Crippen LogP contribution in [0, 0.1) is 13.8 Å². The first kappa shape index (κ1) is 13.6. The van der Waals surface area contributed by atoms with Crippen LogP contribution < -0.4 is 5.32 Å². The molecule has 1 fully saturated rings. The zero-order valence-corrected chi connectivity index (χ0v) is 11.9. The van der Waals surface area contributed by atoms with Gasteiger partial charge in [-0.1, -0.05) is 12.1 Å². The molecule has 102 valence electrons. The highest BCUT2D eigenvalue weighted by molar-refractivity contribution is 6.00. The lowest BCUT2D eigenvalue weighted by atomic mass is 9.95. The Balaban J connectivity index is 2.38. The van der Waals surface area contributed by atoms with Gasteiger partial charge in [0.15, 0.2) is 0 Å². The summed E-state index contributed by atoms with van der Waals surface area (Å²) >= 11 is 0. The minimum Gasteiger partial charge on any atom is -0.352 e. The molecule has 4 nitrogen and oxygen atoms in total. The van der Waals surface area contributed by atoms with Gasteiger partial charge in [-0.3, -0.25) is 9.59 Å². The summed E-state index contributed by atoms with van der Waals surface area (Å²) in [5, 5.41) is 2.80. The van der Waals surface area contributed by atoms with Crippen molar-refractivity contribution in [2.24, 2.45) is 0 Å². The van der Waals surface area contributed by atoms with Crippen LogP contribution in [-0.2, 0) is 4.79 Å². The Kier molecular flexibility index (Phi) is 3.35. The maximum absolute atomic E-state index is 12.7. The van der Waals surface area contributed by atoms with Crippen molar-refractivity contribution in [3.63, 3.8) is 0 Å². The minimum absolute atomic E-state index is 0.0685. The van der Waals surface area contributed by atoms with E-state index >= 15 is 0 Å². The van der Waals surface area contributed by atoms with Crippen LogP contribution in [0.3, 0.4) is 0 Å². The van der Waals surface area contributed by atoms with Gasteiger partial charge in [0, 0.05) is 18.7 Å². The lowest BCUT2D eigenvalue weighted by Gasteiger charge is -2.41. The van der Waals surface area contributed by atoms with E-state index in [2.05, 4.69) is 5.32 Å². The van der Waals surface area contributed by atoms with Gasteiger partial charge in [-0.15, -0.1) is 0 Å². The number of benzene rings is 1. The SMILES string of the molecule is Cc1cccc(C(=O)N2CCNC(=O)C2(C)C)c1C. The molecule has 2 rings (SSSR count). The molecule has 1 heterocycles. The Bertz CT molecular complexity index is 535. The molecule has 0 radical (unpaired) electrons. The summed E-state index contributed by atoms with van der Waals surface area (Å²) in [4.78, 5) is 26.2. The summed E-state index contributed by atoms with van der Waals surface area (Å²) in [6.45, 7) is 8.55. The van der Waals surface area contributed by atoms with E-state index in [-0.39, 0.29) is 11.8 Å². The minimum atomic E-state index is -0.800. The first-order chi connectivity index (χ1) is 8.85. The molecule has 0 spiro atoms. The zero-order valence-electron chi connectivity index (χ0n) is 11.9. The van der Waals surface area contributed by atoms with Gasteiger partial charge in [-0.05, 0) is 44.9 Å². The van der Waals surface area contributed by atoms with Gasteiger partial charge in [-0.2, -0.15) is 0 Å². The summed E-state index contributed by atoms with van der Waals surface area (Å²) in [5.74, 6) is -0.168. The molecule has 1 N–H and O–H groups in total. The van der Waals surface area contributed by atoms with E-state index in [0.717, 1.165) is 11.1 Å². The highest BCUT2D eigenvalue weighted by Crippen LogP contribution is 2.23. The summed E-state index contributed by atoms with van der Waals surface area (Å²) in [6.07, 6.45) is 0. The molecule has 2 amide bonds. The van der Waals surface area contributed by atoms with E-state index in [9.17, 15) is 9.59 Å². The number of piperazine rings is 1. The van der Waals surface area contributed by atoms with Gasteiger partial charge in [0.2, 0.25) is 5.91 Å². The van der Waals surface area contributed by atoms with Crippen LogP contribution in [0.15, 0.2) is 18.2 Å². The highest BCUT2D eigenvalue weighted by Gasteiger charge is 2.40. The number of aryl methyl sites for hydroxylation is 1. The number of nitrogens with one attached hydrogen (secondary N) is 1. The average Bonchev–Trinajstić information content (AvgIpc) is 2.35.